The Morgan fingerprint density at radius 1 is 1.26 bits per heavy atom. The summed E-state index contributed by atoms with van der Waals surface area (Å²) in [6, 6.07) is 4.84. The van der Waals surface area contributed by atoms with Crippen LogP contribution in [0.3, 0.4) is 0 Å². The number of nitrogens with zero attached hydrogens (tertiary/aromatic N) is 5. The second-order valence-electron chi connectivity index (χ2n) is 11.8. The first-order valence-corrected chi connectivity index (χ1v) is 14.0. The summed E-state index contributed by atoms with van der Waals surface area (Å²) in [4.78, 5) is 36.5. The molecule has 3 atom stereocenters. The number of nitrogens with one attached hydrogen (secondary N) is 1. The lowest BCUT2D eigenvalue weighted by Gasteiger charge is -2.31. The van der Waals surface area contributed by atoms with Crippen molar-refractivity contribution in [2.75, 3.05) is 30.4 Å². The van der Waals surface area contributed by atoms with E-state index in [4.69, 9.17) is 16.5 Å². The Kier molecular flexibility index (Phi) is 5.85. The van der Waals surface area contributed by atoms with E-state index in [0.29, 0.717) is 64.5 Å². The minimum Gasteiger partial charge on any atom is -0.477 e. The van der Waals surface area contributed by atoms with Gasteiger partial charge in [-0.2, -0.15) is 5.26 Å². The molecule has 1 saturated heterocycles. The van der Waals surface area contributed by atoms with Crippen molar-refractivity contribution in [2.24, 2.45) is 24.4 Å². The number of aromatic carboxylic acids is 1. The summed E-state index contributed by atoms with van der Waals surface area (Å²) in [7, 11) is 3.34. The zero-order chi connectivity index (χ0) is 30.4. The van der Waals surface area contributed by atoms with Crippen molar-refractivity contribution < 1.29 is 14.3 Å². The van der Waals surface area contributed by atoms with Crippen molar-refractivity contribution >= 4 is 28.4 Å². The first-order valence-electron chi connectivity index (χ1n) is 14.0. The molecule has 1 aliphatic heterocycles. The lowest BCUT2D eigenvalue weighted by molar-refractivity contribution is 0.0695. The van der Waals surface area contributed by atoms with Crippen LogP contribution in [0.4, 0.5) is 15.8 Å². The van der Waals surface area contributed by atoms with Crippen LogP contribution >= 0.6 is 0 Å². The van der Waals surface area contributed by atoms with Gasteiger partial charge >= 0.3 is 5.97 Å². The summed E-state index contributed by atoms with van der Waals surface area (Å²) < 4.78 is 16.9. The number of benzene rings is 1. The molecule has 3 aliphatic rings. The molecular weight excluding hydrogens is 551 g/mol. The Morgan fingerprint density at radius 2 is 2.05 bits per heavy atom. The van der Waals surface area contributed by atoms with E-state index >= 15 is 4.39 Å². The van der Waals surface area contributed by atoms with Crippen LogP contribution in [0.25, 0.3) is 33.3 Å². The van der Waals surface area contributed by atoms with Crippen LogP contribution in [-0.2, 0) is 13.5 Å². The molecule has 2 fully saturated rings. The Labute approximate surface area is 245 Å². The summed E-state index contributed by atoms with van der Waals surface area (Å²) in [6.45, 7) is 1.05. The zero-order valence-electron chi connectivity index (χ0n) is 23.6. The monoisotopic (exact) mass is 580 g/mol. The number of carboxylic acid groups (broad SMARTS) is 1. The van der Waals surface area contributed by atoms with Crippen LogP contribution in [0.15, 0.2) is 35.5 Å². The van der Waals surface area contributed by atoms with E-state index < -0.39 is 22.8 Å². The number of aromatic nitrogens is 3. The number of carbonyl (C=O) groups is 1. The molecule has 2 aliphatic carbocycles. The maximum atomic E-state index is 15.4. The van der Waals surface area contributed by atoms with E-state index in [2.05, 4.69) is 21.3 Å². The van der Waals surface area contributed by atoms with Gasteiger partial charge in [0.1, 0.15) is 23.1 Å². The molecule has 3 aromatic heterocycles. The standard InChI is InChI=1S/C31H29FN8O3/c1-36-22-7-21(32)18(8-33)25-16(22)6-23-26(25)27(40-11-15-3-4-24(34)31(15,35)13-40)19(10-37-23)14-5-17-28(41)20(30(42)43)12-39(2)29(17)38-9-14/h5,7,9-10,12,15,24,36H,3-4,6,11,13,34-35H2,1-2H3,(H,42,43)/t15-,24-,31-/m1/s1. The fraction of sp³-hybridized carbons (Fsp3) is 0.323. The second-order valence-corrected chi connectivity index (χ2v) is 11.8. The second kappa shape index (κ2) is 9.32. The molecule has 7 rings (SSSR count). The summed E-state index contributed by atoms with van der Waals surface area (Å²) in [5, 5.41) is 22.9. The predicted molar refractivity (Wildman–Crippen MR) is 159 cm³/mol. The quantitative estimate of drug-likeness (QED) is 0.247. The van der Waals surface area contributed by atoms with Gasteiger partial charge in [0, 0.05) is 86.2 Å². The molecule has 0 radical (unpaired) electrons. The van der Waals surface area contributed by atoms with Gasteiger partial charge < -0.3 is 31.4 Å². The summed E-state index contributed by atoms with van der Waals surface area (Å²) in [5.74, 6) is -1.83. The van der Waals surface area contributed by atoms with Crippen LogP contribution in [0.5, 0.6) is 0 Å². The number of aryl methyl sites for hydroxylation is 1. The number of pyridine rings is 3. The van der Waals surface area contributed by atoms with E-state index in [1.54, 1.807) is 32.6 Å². The summed E-state index contributed by atoms with van der Waals surface area (Å²) >= 11 is 0. The third-order valence-electron chi connectivity index (χ3n) is 9.54. The Hall–Kier alpha value is -4.86. The van der Waals surface area contributed by atoms with Crippen LogP contribution in [-0.4, -0.2) is 57.3 Å². The minimum absolute atomic E-state index is 0.0666. The topological polar surface area (TPSA) is 176 Å². The highest BCUT2D eigenvalue weighted by Gasteiger charge is 2.52. The fourth-order valence-corrected chi connectivity index (χ4v) is 7.35. The number of rotatable bonds is 4. The average molecular weight is 581 g/mol. The number of nitrogens with two attached hydrogens (primary N) is 2. The number of halogens is 1. The highest BCUT2D eigenvalue weighted by molar-refractivity contribution is 6.00. The molecule has 43 heavy (non-hydrogen) atoms. The largest absolute Gasteiger partial charge is 0.477 e. The van der Waals surface area contributed by atoms with Gasteiger partial charge in [0.15, 0.2) is 0 Å². The van der Waals surface area contributed by atoms with Crippen LogP contribution in [0.1, 0.15) is 40.0 Å². The van der Waals surface area contributed by atoms with Gasteiger partial charge in [-0.25, -0.2) is 14.2 Å². The smallest absolute Gasteiger partial charge is 0.341 e. The Bertz CT molecular complexity index is 2000. The first kappa shape index (κ1) is 27.0. The SMILES string of the molecule is CNc1cc(F)c(C#N)c2c1Cc1ncc(-c3cnc4c(c3)c(=O)c(C(=O)O)cn4C)c(N3C[C@H]4CC[C@@H](N)[C@@]4(N)C3)c1-2. The normalized spacial score (nSPS) is 21.9. The molecule has 1 aromatic carbocycles. The molecule has 12 heteroatoms. The lowest BCUT2D eigenvalue weighted by Crippen LogP contribution is -2.56. The molecule has 0 unspecified atom stereocenters. The average Bonchev–Trinajstić information content (AvgIpc) is 3.63. The molecule has 6 N–H and O–H groups in total. The van der Waals surface area contributed by atoms with Gasteiger partial charge in [0.2, 0.25) is 5.43 Å². The summed E-state index contributed by atoms with van der Waals surface area (Å²) in [5.41, 5.74) is 17.1. The number of anilines is 2. The Morgan fingerprint density at radius 3 is 2.74 bits per heavy atom. The van der Waals surface area contributed by atoms with Crippen molar-refractivity contribution in [3.63, 3.8) is 0 Å². The molecule has 0 spiro atoms. The molecular formula is C31H29FN8O3. The maximum absolute atomic E-state index is 15.4. The lowest BCUT2D eigenvalue weighted by atomic mass is 9.89. The number of hydrogen-bond acceptors (Lipinski definition) is 9. The first-order chi connectivity index (χ1) is 20.6. The summed E-state index contributed by atoms with van der Waals surface area (Å²) in [6.07, 6.45) is 6.67. The Balaban J connectivity index is 1.53. The highest BCUT2D eigenvalue weighted by atomic mass is 19.1. The maximum Gasteiger partial charge on any atom is 0.341 e. The number of carboxylic acids is 1. The number of fused-ring (bicyclic) bond motifs is 5. The number of hydrogen-bond donors (Lipinski definition) is 4. The minimum atomic E-state index is -1.33. The van der Waals surface area contributed by atoms with Crippen molar-refractivity contribution in [3.05, 3.63) is 69.1 Å². The molecule has 4 heterocycles. The third-order valence-corrected chi connectivity index (χ3v) is 9.54. The third kappa shape index (κ3) is 3.71. The van der Waals surface area contributed by atoms with E-state index in [-0.39, 0.29) is 28.5 Å². The van der Waals surface area contributed by atoms with E-state index in [0.717, 1.165) is 18.4 Å². The van der Waals surface area contributed by atoms with Gasteiger partial charge in [0.25, 0.3) is 0 Å². The van der Waals surface area contributed by atoms with Gasteiger partial charge in [-0.05, 0) is 36.5 Å². The molecule has 0 amide bonds. The van der Waals surface area contributed by atoms with Gasteiger partial charge in [0.05, 0.1) is 27.9 Å². The van der Waals surface area contributed by atoms with Gasteiger partial charge in [-0.15, -0.1) is 0 Å². The molecule has 4 aromatic rings. The van der Waals surface area contributed by atoms with Crippen LogP contribution < -0.4 is 27.1 Å². The molecule has 11 nitrogen and oxygen atoms in total. The van der Waals surface area contributed by atoms with Crippen molar-refractivity contribution in [2.45, 2.75) is 30.8 Å². The van der Waals surface area contributed by atoms with E-state index in [1.165, 1.54) is 16.8 Å². The predicted octanol–water partition coefficient (Wildman–Crippen LogP) is 2.57. The molecule has 218 valence electrons. The number of nitriles is 1. The van der Waals surface area contributed by atoms with Gasteiger partial charge in [-0.3, -0.25) is 9.78 Å². The zero-order valence-corrected chi connectivity index (χ0v) is 23.6. The molecule has 1 saturated carbocycles. The van der Waals surface area contributed by atoms with E-state index in [1.807, 2.05) is 0 Å². The fourth-order valence-electron chi connectivity index (χ4n) is 7.35. The van der Waals surface area contributed by atoms with E-state index in [9.17, 15) is 20.0 Å². The van der Waals surface area contributed by atoms with Crippen LogP contribution in [0.2, 0.25) is 0 Å². The van der Waals surface area contributed by atoms with Crippen molar-refractivity contribution in [1.29, 1.82) is 5.26 Å². The van der Waals surface area contributed by atoms with Crippen LogP contribution in [0, 0.1) is 23.1 Å². The van der Waals surface area contributed by atoms with Crippen molar-refractivity contribution in [1.82, 2.24) is 14.5 Å². The van der Waals surface area contributed by atoms with Crippen molar-refractivity contribution in [3.8, 4) is 28.3 Å². The van der Waals surface area contributed by atoms with Gasteiger partial charge in [-0.1, -0.05) is 0 Å². The molecule has 0 bridgehead atoms. The highest BCUT2D eigenvalue weighted by Crippen LogP contribution is 2.52.